The second-order valence-corrected chi connectivity index (χ2v) is 5.50. The van der Waals surface area contributed by atoms with Gasteiger partial charge in [-0.05, 0) is 33.8 Å². The van der Waals surface area contributed by atoms with E-state index in [0.29, 0.717) is 6.04 Å². The van der Waals surface area contributed by atoms with Gasteiger partial charge in [0.1, 0.15) is 0 Å². The van der Waals surface area contributed by atoms with E-state index in [2.05, 4.69) is 39.7 Å². The number of unbranched alkanes of at least 4 members (excludes halogenated alkanes) is 3. The summed E-state index contributed by atoms with van der Waals surface area (Å²) in [5, 5.41) is 2.09. The second-order valence-electron chi connectivity index (χ2n) is 3.70. The van der Waals surface area contributed by atoms with E-state index in [1.165, 1.54) is 35.0 Å². The van der Waals surface area contributed by atoms with Crippen LogP contribution >= 0.6 is 27.3 Å². The first-order valence-electron chi connectivity index (χ1n) is 5.48. The first kappa shape index (κ1) is 13.2. The average Bonchev–Trinajstić information content (AvgIpc) is 2.65. The number of nitrogens with one attached hydrogen (secondary N) is 1. The van der Waals surface area contributed by atoms with Gasteiger partial charge in [0.15, 0.2) is 0 Å². The number of halogens is 1. The van der Waals surface area contributed by atoms with Crippen LogP contribution in [0.1, 0.15) is 49.9 Å². The van der Waals surface area contributed by atoms with Crippen molar-refractivity contribution >= 4 is 27.3 Å². The lowest BCUT2D eigenvalue weighted by Gasteiger charge is -2.14. The summed E-state index contributed by atoms with van der Waals surface area (Å²) in [5.74, 6) is 5.58. The molecule has 0 aromatic carbocycles. The van der Waals surface area contributed by atoms with Gasteiger partial charge >= 0.3 is 0 Å². The van der Waals surface area contributed by atoms with Crippen LogP contribution in [0.15, 0.2) is 15.9 Å². The van der Waals surface area contributed by atoms with Crippen LogP contribution in [0.2, 0.25) is 0 Å². The minimum absolute atomic E-state index is 0.302. The third kappa shape index (κ3) is 4.23. The van der Waals surface area contributed by atoms with Crippen molar-refractivity contribution in [3.63, 3.8) is 0 Å². The molecule has 1 aromatic rings. The van der Waals surface area contributed by atoms with Gasteiger partial charge < -0.3 is 0 Å². The molecule has 1 atom stereocenters. The van der Waals surface area contributed by atoms with E-state index in [1.807, 2.05) is 0 Å². The summed E-state index contributed by atoms with van der Waals surface area (Å²) in [6, 6.07) is 2.38. The summed E-state index contributed by atoms with van der Waals surface area (Å²) in [5.41, 5.74) is 2.90. The van der Waals surface area contributed by atoms with Gasteiger partial charge in [0, 0.05) is 9.35 Å². The van der Waals surface area contributed by atoms with E-state index in [1.54, 1.807) is 11.3 Å². The Morgan fingerprint density at radius 1 is 1.47 bits per heavy atom. The van der Waals surface area contributed by atoms with Crippen LogP contribution in [0.4, 0.5) is 0 Å². The summed E-state index contributed by atoms with van der Waals surface area (Å²) in [6.07, 6.45) is 6.27. The molecule has 0 bridgehead atoms. The zero-order valence-corrected chi connectivity index (χ0v) is 11.5. The van der Waals surface area contributed by atoms with Crippen LogP contribution < -0.4 is 11.3 Å². The van der Waals surface area contributed by atoms with Crippen LogP contribution in [0.3, 0.4) is 0 Å². The molecule has 2 nitrogen and oxygen atoms in total. The largest absolute Gasteiger partial charge is 0.271 e. The van der Waals surface area contributed by atoms with Gasteiger partial charge in [-0.3, -0.25) is 11.3 Å². The van der Waals surface area contributed by atoms with E-state index >= 15 is 0 Å². The van der Waals surface area contributed by atoms with Gasteiger partial charge in [-0.25, -0.2) is 0 Å². The average molecular weight is 291 g/mol. The number of rotatable bonds is 7. The molecule has 1 unspecified atom stereocenters. The van der Waals surface area contributed by atoms with Gasteiger partial charge in [-0.15, -0.1) is 11.3 Å². The summed E-state index contributed by atoms with van der Waals surface area (Å²) in [6.45, 7) is 2.23. The Bertz CT molecular complexity index is 275. The number of thiophene rings is 1. The SMILES string of the molecule is CCCCCCC(NN)c1sccc1Br. The van der Waals surface area contributed by atoms with Crippen molar-refractivity contribution in [3.05, 3.63) is 20.8 Å². The predicted molar refractivity (Wildman–Crippen MR) is 70.8 cm³/mol. The maximum absolute atomic E-state index is 5.58. The molecule has 0 spiro atoms. The molecule has 0 fully saturated rings. The third-order valence-electron chi connectivity index (χ3n) is 2.51. The molecule has 86 valence electrons. The second kappa shape index (κ2) is 7.39. The van der Waals surface area contributed by atoms with Crippen molar-refractivity contribution in [2.75, 3.05) is 0 Å². The van der Waals surface area contributed by atoms with Crippen molar-refractivity contribution < 1.29 is 0 Å². The Kier molecular flexibility index (Phi) is 6.48. The zero-order chi connectivity index (χ0) is 11.1. The van der Waals surface area contributed by atoms with Crippen LogP contribution in [-0.2, 0) is 0 Å². The first-order valence-corrected chi connectivity index (χ1v) is 7.15. The smallest absolute Gasteiger partial charge is 0.0564 e. The zero-order valence-electron chi connectivity index (χ0n) is 9.13. The lowest BCUT2D eigenvalue weighted by Crippen LogP contribution is -2.27. The quantitative estimate of drug-likeness (QED) is 0.453. The molecule has 0 aliphatic rings. The van der Waals surface area contributed by atoms with Gasteiger partial charge in [0.25, 0.3) is 0 Å². The molecule has 0 aliphatic carbocycles. The highest BCUT2D eigenvalue weighted by Crippen LogP contribution is 2.31. The van der Waals surface area contributed by atoms with E-state index in [4.69, 9.17) is 5.84 Å². The number of nitrogens with two attached hydrogens (primary N) is 1. The van der Waals surface area contributed by atoms with Crippen molar-refractivity contribution in [2.24, 2.45) is 5.84 Å². The van der Waals surface area contributed by atoms with E-state index in [-0.39, 0.29) is 0 Å². The fraction of sp³-hybridized carbons (Fsp3) is 0.636. The van der Waals surface area contributed by atoms with Crippen molar-refractivity contribution in [1.82, 2.24) is 5.43 Å². The van der Waals surface area contributed by atoms with Crippen molar-refractivity contribution in [3.8, 4) is 0 Å². The Morgan fingerprint density at radius 2 is 2.27 bits per heavy atom. The molecule has 0 aliphatic heterocycles. The summed E-state index contributed by atoms with van der Waals surface area (Å²) >= 11 is 5.30. The Balaban J connectivity index is 2.39. The highest BCUT2D eigenvalue weighted by Gasteiger charge is 2.13. The normalized spacial score (nSPS) is 13.0. The molecule has 1 aromatic heterocycles. The van der Waals surface area contributed by atoms with Crippen LogP contribution in [0.5, 0.6) is 0 Å². The standard InChI is InChI=1S/C11H19BrN2S/c1-2-3-4-5-6-10(14-13)11-9(12)7-8-15-11/h7-8,10,14H,2-6,13H2,1H3. The molecule has 1 rings (SSSR count). The van der Waals surface area contributed by atoms with Crippen molar-refractivity contribution in [1.29, 1.82) is 0 Å². The van der Waals surface area contributed by atoms with Crippen molar-refractivity contribution in [2.45, 2.75) is 45.1 Å². The lowest BCUT2D eigenvalue weighted by atomic mass is 10.1. The Labute approximate surface area is 104 Å². The topological polar surface area (TPSA) is 38.0 Å². The maximum Gasteiger partial charge on any atom is 0.0564 e. The Hall–Kier alpha value is 0.100. The van der Waals surface area contributed by atoms with Gasteiger partial charge in [0.2, 0.25) is 0 Å². The predicted octanol–water partition coefficient (Wildman–Crippen LogP) is 3.99. The molecule has 0 saturated carbocycles. The number of hydrogen-bond donors (Lipinski definition) is 2. The summed E-state index contributed by atoms with van der Waals surface area (Å²) in [7, 11) is 0. The molecule has 3 N–H and O–H groups in total. The minimum atomic E-state index is 0.302. The molecule has 15 heavy (non-hydrogen) atoms. The minimum Gasteiger partial charge on any atom is -0.271 e. The van der Waals surface area contributed by atoms with Gasteiger partial charge in [-0.1, -0.05) is 32.6 Å². The van der Waals surface area contributed by atoms with Crippen LogP contribution in [0, 0.1) is 0 Å². The first-order chi connectivity index (χ1) is 7.29. The number of hydrazine groups is 1. The molecule has 0 amide bonds. The van der Waals surface area contributed by atoms with Crippen LogP contribution in [-0.4, -0.2) is 0 Å². The fourth-order valence-corrected chi connectivity index (χ4v) is 3.36. The summed E-state index contributed by atoms with van der Waals surface area (Å²) < 4.78 is 1.17. The fourth-order valence-electron chi connectivity index (χ4n) is 1.62. The van der Waals surface area contributed by atoms with E-state index < -0.39 is 0 Å². The molecule has 4 heteroatoms. The summed E-state index contributed by atoms with van der Waals surface area (Å²) in [4.78, 5) is 1.31. The lowest BCUT2D eigenvalue weighted by molar-refractivity contribution is 0.487. The van der Waals surface area contributed by atoms with Gasteiger partial charge in [0.05, 0.1) is 6.04 Å². The monoisotopic (exact) mass is 290 g/mol. The van der Waals surface area contributed by atoms with Crippen LogP contribution in [0.25, 0.3) is 0 Å². The Morgan fingerprint density at radius 3 is 2.80 bits per heavy atom. The van der Waals surface area contributed by atoms with Gasteiger partial charge in [-0.2, -0.15) is 0 Å². The highest BCUT2D eigenvalue weighted by atomic mass is 79.9. The molecular weight excluding hydrogens is 272 g/mol. The molecule has 0 radical (unpaired) electrons. The highest BCUT2D eigenvalue weighted by molar-refractivity contribution is 9.10. The molecule has 1 heterocycles. The maximum atomic E-state index is 5.58. The number of hydrogen-bond acceptors (Lipinski definition) is 3. The third-order valence-corrected chi connectivity index (χ3v) is 4.49. The molecular formula is C11H19BrN2S. The van der Waals surface area contributed by atoms with E-state index in [0.717, 1.165) is 6.42 Å². The van der Waals surface area contributed by atoms with E-state index in [9.17, 15) is 0 Å². The molecule has 0 saturated heterocycles.